The largest absolute Gasteiger partial charge is 0.504 e. The Morgan fingerprint density at radius 3 is 2.63 bits per heavy atom. The van der Waals surface area contributed by atoms with E-state index in [1.165, 1.54) is 6.42 Å². The minimum atomic E-state index is 0.165. The van der Waals surface area contributed by atoms with E-state index >= 15 is 0 Å². The number of aliphatic imine (C=N–C) groups is 1. The molecule has 0 fully saturated rings. The molecule has 0 radical (unpaired) electrons. The fourth-order valence-electron chi connectivity index (χ4n) is 2.96. The van der Waals surface area contributed by atoms with Gasteiger partial charge in [-0.15, -0.1) is 0 Å². The molecule has 6 nitrogen and oxygen atoms in total. The van der Waals surface area contributed by atoms with Gasteiger partial charge in [0.05, 0.1) is 7.11 Å². The average molecular weight is 379 g/mol. The lowest BCUT2D eigenvalue weighted by atomic mass is 10.1. The number of nitrogens with one attached hydrogen (secondary N) is 2. The van der Waals surface area contributed by atoms with Crippen LogP contribution in [-0.2, 0) is 6.42 Å². The lowest BCUT2D eigenvalue weighted by molar-refractivity contribution is 0.292. The van der Waals surface area contributed by atoms with Gasteiger partial charge in [0.1, 0.15) is 0 Å². The molecule has 1 unspecified atom stereocenters. The Morgan fingerprint density at radius 1 is 1.26 bits per heavy atom. The van der Waals surface area contributed by atoms with Gasteiger partial charge in [0, 0.05) is 19.1 Å². The van der Waals surface area contributed by atoms with Crippen molar-refractivity contribution in [1.29, 1.82) is 0 Å². The van der Waals surface area contributed by atoms with Crippen molar-refractivity contribution in [1.82, 2.24) is 15.5 Å². The highest BCUT2D eigenvalue weighted by molar-refractivity contribution is 5.80. The molecule has 1 aromatic rings. The van der Waals surface area contributed by atoms with Crippen LogP contribution in [0.2, 0.25) is 0 Å². The summed E-state index contributed by atoms with van der Waals surface area (Å²) in [6.07, 6.45) is 3.10. The summed E-state index contributed by atoms with van der Waals surface area (Å²) >= 11 is 0. The number of benzene rings is 1. The number of ether oxygens (including phenoxy) is 1. The number of rotatable bonds is 12. The van der Waals surface area contributed by atoms with Crippen LogP contribution in [0.15, 0.2) is 23.2 Å². The molecule has 0 aliphatic heterocycles. The average Bonchev–Trinajstić information content (AvgIpc) is 2.66. The topological polar surface area (TPSA) is 69.1 Å². The molecule has 0 heterocycles. The molecule has 0 aliphatic rings. The second-order valence-electron chi connectivity index (χ2n) is 6.73. The van der Waals surface area contributed by atoms with Crippen molar-refractivity contribution in [2.75, 3.05) is 39.8 Å². The number of phenolic OH excluding ortho intramolecular Hbond substituents is 1. The lowest BCUT2D eigenvalue weighted by Crippen LogP contribution is -2.42. The van der Waals surface area contributed by atoms with Gasteiger partial charge in [-0.1, -0.05) is 19.9 Å². The standard InChI is InChI=1S/C21H38N4O2/c1-6-22-21(24-17(4)10-9-15-25(7-2)8-3)23-14-13-18-11-12-19(26)20(16-18)27-5/h11-12,16-17,26H,6-10,13-15H2,1-5H3,(H2,22,23,24). The van der Waals surface area contributed by atoms with E-state index < -0.39 is 0 Å². The number of methoxy groups -OCH3 is 1. The molecule has 1 rings (SSSR count). The third-order valence-corrected chi connectivity index (χ3v) is 4.65. The summed E-state index contributed by atoms with van der Waals surface area (Å²) in [7, 11) is 1.56. The molecular formula is C21H38N4O2. The first-order valence-electron chi connectivity index (χ1n) is 10.2. The minimum absolute atomic E-state index is 0.165. The van der Waals surface area contributed by atoms with Crippen molar-refractivity contribution in [3.63, 3.8) is 0 Å². The van der Waals surface area contributed by atoms with Crippen LogP contribution >= 0.6 is 0 Å². The molecule has 0 amide bonds. The number of aromatic hydroxyl groups is 1. The van der Waals surface area contributed by atoms with Gasteiger partial charge in [-0.2, -0.15) is 0 Å². The minimum Gasteiger partial charge on any atom is -0.504 e. The van der Waals surface area contributed by atoms with Crippen molar-refractivity contribution >= 4 is 5.96 Å². The van der Waals surface area contributed by atoms with Crippen LogP contribution in [-0.4, -0.2) is 61.8 Å². The summed E-state index contributed by atoms with van der Waals surface area (Å²) in [4.78, 5) is 7.14. The van der Waals surface area contributed by atoms with Gasteiger partial charge < -0.3 is 25.4 Å². The Kier molecular flexibility index (Phi) is 11.3. The maximum Gasteiger partial charge on any atom is 0.191 e. The van der Waals surface area contributed by atoms with Crippen LogP contribution in [0.5, 0.6) is 11.5 Å². The predicted molar refractivity (Wildman–Crippen MR) is 114 cm³/mol. The van der Waals surface area contributed by atoms with Crippen LogP contribution in [0.4, 0.5) is 0 Å². The number of hydrogen-bond acceptors (Lipinski definition) is 4. The smallest absolute Gasteiger partial charge is 0.191 e. The zero-order chi connectivity index (χ0) is 20.1. The second-order valence-corrected chi connectivity index (χ2v) is 6.73. The molecular weight excluding hydrogens is 340 g/mol. The monoisotopic (exact) mass is 378 g/mol. The quantitative estimate of drug-likeness (QED) is 0.385. The Labute approximate surface area is 165 Å². The Bertz CT molecular complexity index is 559. The van der Waals surface area contributed by atoms with Gasteiger partial charge in [0.2, 0.25) is 0 Å². The predicted octanol–water partition coefficient (Wildman–Crippen LogP) is 3.01. The first-order valence-corrected chi connectivity index (χ1v) is 10.2. The van der Waals surface area contributed by atoms with E-state index in [1.54, 1.807) is 13.2 Å². The third-order valence-electron chi connectivity index (χ3n) is 4.65. The molecule has 154 valence electrons. The summed E-state index contributed by atoms with van der Waals surface area (Å²) in [6.45, 7) is 13.6. The van der Waals surface area contributed by atoms with Crippen LogP contribution in [0.25, 0.3) is 0 Å². The van der Waals surface area contributed by atoms with Gasteiger partial charge in [0.25, 0.3) is 0 Å². The van der Waals surface area contributed by atoms with Gasteiger partial charge >= 0.3 is 0 Å². The molecule has 0 bridgehead atoms. The summed E-state index contributed by atoms with van der Waals surface area (Å²) in [5, 5.41) is 16.5. The number of hydrogen-bond donors (Lipinski definition) is 3. The van der Waals surface area contributed by atoms with E-state index in [2.05, 4.69) is 48.2 Å². The summed E-state index contributed by atoms with van der Waals surface area (Å²) in [6, 6.07) is 5.82. The molecule has 27 heavy (non-hydrogen) atoms. The molecule has 0 aromatic heterocycles. The van der Waals surface area contributed by atoms with E-state index in [0.717, 1.165) is 50.5 Å². The van der Waals surface area contributed by atoms with Crippen LogP contribution in [0.1, 0.15) is 46.1 Å². The highest BCUT2D eigenvalue weighted by Gasteiger charge is 2.07. The van der Waals surface area contributed by atoms with Crippen LogP contribution in [0.3, 0.4) is 0 Å². The fourth-order valence-corrected chi connectivity index (χ4v) is 2.96. The first kappa shape index (κ1) is 23.1. The molecule has 1 atom stereocenters. The summed E-state index contributed by atoms with van der Waals surface area (Å²) in [5.41, 5.74) is 1.09. The van der Waals surface area contributed by atoms with E-state index in [4.69, 9.17) is 4.74 Å². The fraction of sp³-hybridized carbons (Fsp3) is 0.667. The molecule has 6 heteroatoms. The first-order chi connectivity index (χ1) is 13.0. The number of phenols is 1. The SMILES string of the molecule is CCNC(=NCCc1ccc(O)c(OC)c1)NC(C)CCCN(CC)CC. The normalized spacial score (nSPS) is 12.9. The number of guanidine groups is 1. The van der Waals surface area contributed by atoms with Gasteiger partial charge in [-0.05, 0) is 70.4 Å². The van der Waals surface area contributed by atoms with Gasteiger partial charge in [0.15, 0.2) is 17.5 Å². The van der Waals surface area contributed by atoms with E-state index in [9.17, 15) is 5.11 Å². The maximum atomic E-state index is 9.68. The molecule has 3 N–H and O–H groups in total. The lowest BCUT2D eigenvalue weighted by Gasteiger charge is -2.21. The second kappa shape index (κ2) is 13.3. The Morgan fingerprint density at radius 2 is 2.00 bits per heavy atom. The van der Waals surface area contributed by atoms with Gasteiger partial charge in [-0.25, -0.2) is 0 Å². The van der Waals surface area contributed by atoms with Crippen molar-refractivity contribution in [2.24, 2.45) is 4.99 Å². The third kappa shape index (κ3) is 9.00. The molecule has 0 saturated heterocycles. The van der Waals surface area contributed by atoms with Crippen LogP contribution in [0, 0.1) is 0 Å². The Hall–Kier alpha value is -1.95. The van der Waals surface area contributed by atoms with E-state index in [1.807, 2.05) is 12.1 Å². The van der Waals surface area contributed by atoms with Crippen molar-refractivity contribution in [2.45, 2.75) is 53.0 Å². The maximum absolute atomic E-state index is 9.68. The molecule has 1 aromatic carbocycles. The van der Waals surface area contributed by atoms with Gasteiger partial charge in [-0.3, -0.25) is 4.99 Å². The molecule has 0 aliphatic carbocycles. The summed E-state index contributed by atoms with van der Waals surface area (Å²) in [5.74, 6) is 1.53. The highest BCUT2D eigenvalue weighted by atomic mass is 16.5. The van der Waals surface area contributed by atoms with Crippen molar-refractivity contribution < 1.29 is 9.84 Å². The molecule has 0 saturated carbocycles. The zero-order valence-corrected chi connectivity index (χ0v) is 17.7. The van der Waals surface area contributed by atoms with Crippen molar-refractivity contribution in [3.05, 3.63) is 23.8 Å². The van der Waals surface area contributed by atoms with Crippen molar-refractivity contribution in [3.8, 4) is 11.5 Å². The highest BCUT2D eigenvalue weighted by Crippen LogP contribution is 2.26. The van der Waals surface area contributed by atoms with E-state index in [0.29, 0.717) is 18.3 Å². The summed E-state index contributed by atoms with van der Waals surface area (Å²) < 4.78 is 5.16. The van der Waals surface area contributed by atoms with E-state index in [-0.39, 0.29) is 5.75 Å². The molecule has 0 spiro atoms. The zero-order valence-electron chi connectivity index (χ0n) is 17.7. The number of nitrogens with zero attached hydrogens (tertiary/aromatic N) is 2. The van der Waals surface area contributed by atoms with Crippen LogP contribution < -0.4 is 15.4 Å². The Balaban J connectivity index is 2.49.